The van der Waals surface area contributed by atoms with E-state index in [9.17, 15) is 4.79 Å². The first-order valence-corrected chi connectivity index (χ1v) is 6.73. The van der Waals surface area contributed by atoms with E-state index in [0.717, 1.165) is 11.3 Å². The number of aliphatic carboxylic acids is 1. The molecule has 4 nitrogen and oxygen atoms in total. The lowest BCUT2D eigenvalue weighted by atomic mass is 10.1. The van der Waals surface area contributed by atoms with E-state index in [1.54, 1.807) is 25.3 Å². The molecule has 2 aromatic carbocycles. The monoisotopic (exact) mass is 306 g/mol. The molecule has 21 heavy (non-hydrogen) atoms. The summed E-state index contributed by atoms with van der Waals surface area (Å²) in [5.74, 6) is 0.363. The first-order chi connectivity index (χ1) is 10.1. The lowest BCUT2D eigenvalue weighted by molar-refractivity contribution is -0.136. The number of carbonyl (C=O) groups is 1. The highest BCUT2D eigenvalue weighted by molar-refractivity contribution is 6.32. The standard InChI is InChI=1S/C16H15ClO4/c1-20-14-5-3-2-4-12(14)10-21-15-7-6-11(8-13(15)17)9-16(18)19/h2-8H,9-10H2,1H3,(H,18,19). The number of carboxylic acid groups (broad SMARTS) is 1. The molecule has 0 radical (unpaired) electrons. The second-order valence-electron chi connectivity index (χ2n) is 4.44. The summed E-state index contributed by atoms with van der Waals surface area (Å²) < 4.78 is 10.9. The third-order valence-electron chi connectivity index (χ3n) is 2.93. The van der Waals surface area contributed by atoms with Crippen molar-refractivity contribution >= 4 is 17.6 Å². The molecule has 0 fully saturated rings. The van der Waals surface area contributed by atoms with Crippen molar-refractivity contribution in [1.29, 1.82) is 0 Å². The molecule has 0 bridgehead atoms. The summed E-state index contributed by atoms with van der Waals surface area (Å²) in [6.07, 6.45) is -0.0630. The third kappa shape index (κ3) is 4.13. The minimum absolute atomic E-state index is 0.0630. The van der Waals surface area contributed by atoms with Gasteiger partial charge in [-0.25, -0.2) is 0 Å². The molecule has 0 aliphatic heterocycles. The lowest BCUT2D eigenvalue weighted by Crippen LogP contribution is -2.01. The Morgan fingerprint density at radius 1 is 1.19 bits per heavy atom. The van der Waals surface area contributed by atoms with E-state index in [4.69, 9.17) is 26.2 Å². The summed E-state index contributed by atoms with van der Waals surface area (Å²) in [4.78, 5) is 10.7. The molecule has 0 unspecified atom stereocenters. The smallest absolute Gasteiger partial charge is 0.307 e. The van der Waals surface area contributed by atoms with Gasteiger partial charge in [-0.1, -0.05) is 35.9 Å². The molecule has 1 N–H and O–H groups in total. The van der Waals surface area contributed by atoms with Gasteiger partial charge < -0.3 is 14.6 Å². The maximum atomic E-state index is 10.7. The number of methoxy groups -OCH3 is 1. The maximum absolute atomic E-state index is 10.7. The van der Waals surface area contributed by atoms with E-state index in [2.05, 4.69) is 0 Å². The van der Waals surface area contributed by atoms with Gasteiger partial charge in [0.1, 0.15) is 18.1 Å². The first-order valence-electron chi connectivity index (χ1n) is 6.35. The molecular weight excluding hydrogens is 292 g/mol. The van der Waals surface area contributed by atoms with Crippen molar-refractivity contribution in [2.75, 3.05) is 7.11 Å². The number of hydrogen-bond donors (Lipinski definition) is 1. The Bertz CT molecular complexity index is 640. The van der Waals surface area contributed by atoms with Crippen LogP contribution in [0.1, 0.15) is 11.1 Å². The summed E-state index contributed by atoms with van der Waals surface area (Å²) >= 11 is 6.10. The number of halogens is 1. The Labute approximate surface area is 127 Å². The minimum atomic E-state index is -0.895. The van der Waals surface area contributed by atoms with Crippen LogP contribution in [0.3, 0.4) is 0 Å². The molecular formula is C16H15ClO4. The highest BCUT2D eigenvalue weighted by atomic mass is 35.5. The molecule has 2 aromatic rings. The summed E-state index contributed by atoms with van der Waals surface area (Å²) in [5.41, 5.74) is 1.54. The van der Waals surface area contributed by atoms with Crippen molar-refractivity contribution in [1.82, 2.24) is 0 Å². The van der Waals surface area contributed by atoms with E-state index >= 15 is 0 Å². The zero-order chi connectivity index (χ0) is 15.2. The van der Waals surface area contributed by atoms with E-state index < -0.39 is 5.97 Å². The van der Waals surface area contributed by atoms with Crippen LogP contribution in [0.2, 0.25) is 5.02 Å². The van der Waals surface area contributed by atoms with Crippen LogP contribution in [0, 0.1) is 0 Å². The highest BCUT2D eigenvalue weighted by Crippen LogP contribution is 2.27. The van der Waals surface area contributed by atoms with E-state index in [-0.39, 0.29) is 6.42 Å². The van der Waals surface area contributed by atoms with Gasteiger partial charge in [-0.05, 0) is 23.8 Å². The number of benzene rings is 2. The zero-order valence-corrected chi connectivity index (χ0v) is 12.3. The van der Waals surface area contributed by atoms with Crippen molar-refractivity contribution in [2.24, 2.45) is 0 Å². The number of hydrogen-bond acceptors (Lipinski definition) is 3. The van der Waals surface area contributed by atoms with Crippen molar-refractivity contribution in [2.45, 2.75) is 13.0 Å². The summed E-state index contributed by atoms with van der Waals surface area (Å²) in [7, 11) is 1.60. The maximum Gasteiger partial charge on any atom is 0.307 e. The summed E-state index contributed by atoms with van der Waals surface area (Å²) in [6, 6.07) is 12.5. The van der Waals surface area contributed by atoms with Gasteiger partial charge in [-0.2, -0.15) is 0 Å². The predicted molar refractivity (Wildman–Crippen MR) is 80.1 cm³/mol. The van der Waals surface area contributed by atoms with Gasteiger partial charge in [0.25, 0.3) is 0 Å². The van der Waals surface area contributed by atoms with Crippen LogP contribution in [0.15, 0.2) is 42.5 Å². The van der Waals surface area contributed by atoms with Gasteiger partial charge >= 0.3 is 5.97 Å². The van der Waals surface area contributed by atoms with Gasteiger partial charge in [0.15, 0.2) is 0 Å². The molecule has 0 aromatic heterocycles. The number of rotatable bonds is 6. The molecule has 0 heterocycles. The van der Waals surface area contributed by atoms with Crippen LogP contribution in [-0.2, 0) is 17.8 Å². The molecule has 0 saturated carbocycles. The van der Waals surface area contributed by atoms with E-state index in [1.165, 1.54) is 0 Å². The van der Waals surface area contributed by atoms with Crippen LogP contribution in [0.4, 0.5) is 0 Å². The first kappa shape index (κ1) is 15.2. The van der Waals surface area contributed by atoms with E-state index in [1.807, 2.05) is 24.3 Å². The van der Waals surface area contributed by atoms with Crippen molar-refractivity contribution in [3.8, 4) is 11.5 Å². The molecule has 110 valence electrons. The Hall–Kier alpha value is -2.20. The van der Waals surface area contributed by atoms with Gasteiger partial charge in [0.05, 0.1) is 18.6 Å². The fraction of sp³-hybridized carbons (Fsp3) is 0.188. The Morgan fingerprint density at radius 2 is 1.95 bits per heavy atom. The predicted octanol–water partition coefficient (Wildman–Crippen LogP) is 3.55. The summed E-state index contributed by atoms with van der Waals surface area (Å²) in [5, 5.41) is 9.14. The van der Waals surface area contributed by atoms with Gasteiger partial charge in [0.2, 0.25) is 0 Å². The molecule has 0 spiro atoms. The fourth-order valence-corrected chi connectivity index (χ4v) is 2.18. The lowest BCUT2D eigenvalue weighted by Gasteiger charge is -2.11. The fourth-order valence-electron chi connectivity index (χ4n) is 1.92. The van der Waals surface area contributed by atoms with Crippen LogP contribution < -0.4 is 9.47 Å². The second-order valence-corrected chi connectivity index (χ2v) is 4.84. The van der Waals surface area contributed by atoms with Crippen molar-refractivity contribution in [3.63, 3.8) is 0 Å². The molecule has 0 saturated heterocycles. The Kier molecular flexibility index (Phi) is 5.06. The Morgan fingerprint density at radius 3 is 2.62 bits per heavy atom. The SMILES string of the molecule is COc1ccccc1COc1ccc(CC(=O)O)cc1Cl. The Balaban J connectivity index is 2.08. The second kappa shape index (κ2) is 6.99. The van der Waals surface area contributed by atoms with Crippen molar-refractivity contribution in [3.05, 3.63) is 58.6 Å². The molecule has 2 rings (SSSR count). The quantitative estimate of drug-likeness (QED) is 0.886. The normalized spacial score (nSPS) is 10.2. The van der Waals surface area contributed by atoms with Gasteiger partial charge in [0, 0.05) is 5.56 Å². The zero-order valence-electron chi connectivity index (χ0n) is 11.5. The number of para-hydroxylation sites is 1. The minimum Gasteiger partial charge on any atom is -0.496 e. The average Bonchev–Trinajstić information content (AvgIpc) is 2.46. The van der Waals surface area contributed by atoms with Gasteiger partial charge in [-0.3, -0.25) is 4.79 Å². The molecule has 0 amide bonds. The topological polar surface area (TPSA) is 55.8 Å². The van der Waals surface area contributed by atoms with Gasteiger partial charge in [-0.15, -0.1) is 0 Å². The number of ether oxygens (including phenoxy) is 2. The van der Waals surface area contributed by atoms with Crippen LogP contribution in [0.25, 0.3) is 0 Å². The largest absolute Gasteiger partial charge is 0.496 e. The van der Waals surface area contributed by atoms with Crippen molar-refractivity contribution < 1.29 is 19.4 Å². The molecule has 5 heteroatoms. The van der Waals surface area contributed by atoms with Crippen LogP contribution in [0.5, 0.6) is 11.5 Å². The average molecular weight is 307 g/mol. The molecule has 0 aliphatic carbocycles. The van der Waals surface area contributed by atoms with Crippen LogP contribution in [-0.4, -0.2) is 18.2 Å². The molecule has 0 atom stereocenters. The third-order valence-corrected chi connectivity index (χ3v) is 3.22. The summed E-state index contributed by atoms with van der Waals surface area (Å²) in [6.45, 7) is 0.321. The molecule has 0 aliphatic rings. The van der Waals surface area contributed by atoms with Crippen LogP contribution >= 0.6 is 11.6 Å². The highest BCUT2D eigenvalue weighted by Gasteiger charge is 2.08. The van der Waals surface area contributed by atoms with E-state index in [0.29, 0.717) is 22.9 Å². The number of carboxylic acids is 1.